The van der Waals surface area contributed by atoms with Crippen LogP contribution in [0.5, 0.6) is 0 Å². The molecule has 266 valence electrons. The highest BCUT2D eigenvalue weighted by atomic mass is 35.5. The van der Waals surface area contributed by atoms with Gasteiger partial charge in [-0.3, -0.25) is 9.59 Å². The van der Waals surface area contributed by atoms with Crippen molar-refractivity contribution in [3.8, 4) is 0 Å². The van der Waals surface area contributed by atoms with Crippen LogP contribution in [0.3, 0.4) is 0 Å². The van der Waals surface area contributed by atoms with E-state index in [1.807, 2.05) is 28.2 Å². The number of nitrogen functional groups attached to an aromatic ring is 2. The lowest BCUT2D eigenvalue weighted by Gasteiger charge is -2.29. The lowest BCUT2D eigenvalue weighted by atomic mass is 10.2. The highest BCUT2D eigenvalue weighted by Crippen LogP contribution is 2.32. The van der Waals surface area contributed by atoms with Gasteiger partial charge in [-0.05, 0) is 75.2 Å². The Kier molecular flexibility index (Phi) is 11.3. The van der Waals surface area contributed by atoms with Crippen molar-refractivity contribution in [1.29, 1.82) is 0 Å². The van der Waals surface area contributed by atoms with Crippen LogP contribution in [0.15, 0.2) is 70.7 Å². The molecule has 15 nitrogen and oxygen atoms in total. The van der Waals surface area contributed by atoms with E-state index >= 15 is 0 Å². The number of hydrogen-bond donors (Lipinski definition) is 4. The molecule has 0 bridgehead atoms. The molecule has 2 amide bonds. The fraction of sp³-hybridized carbons (Fsp3) is 0.214. The van der Waals surface area contributed by atoms with Gasteiger partial charge in [0.25, 0.3) is 31.9 Å². The van der Waals surface area contributed by atoms with E-state index in [2.05, 4.69) is 19.9 Å². The Morgan fingerprint density at radius 1 is 0.708 bits per heavy atom. The van der Waals surface area contributed by atoms with Crippen LogP contribution in [-0.2, 0) is 20.0 Å². The SMILES string of the molecule is C[C@@H]1CC[C@H](C)N1c1nc(Cl)ccc1C(=O)NS(=O)(=O)c1cccc(N)n1.Nc1cccc(S(=O)(=O)NC(=O)c2ccc(Cl)nc2Cl)n1.[HH].[HH].[HH].[HH].[HH].[HH]. The molecule has 0 aliphatic carbocycles. The molecule has 4 aromatic heterocycles. The van der Waals surface area contributed by atoms with Crippen LogP contribution < -0.4 is 25.8 Å². The highest BCUT2D eigenvalue weighted by molar-refractivity contribution is 7.90. The smallest absolute Gasteiger partial charge is 0.281 e. The van der Waals surface area contributed by atoms with Crippen molar-refractivity contribution >= 4 is 84.1 Å². The molecular weight excluding hydrogens is 729 g/mol. The predicted octanol–water partition coefficient (Wildman–Crippen LogP) is 5.17. The number of amides is 2. The van der Waals surface area contributed by atoms with Gasteiger partial charge in [-0.2, -0.15) is 16.8 Å². The molecule has 1 saturated heterocycles. The number of nitrogens with one attached hydrogen (secondary N) is 2. The highest BCUT2D eigenvalue weighted by Gasteiger charge is 2.33. The van der Waals surface area contributed by atoms with E-state index in [-0.39, 0.29) is 68.9 Å². The second-order valence-corrected chi connectivity index (χ2v) is 14.7. The second-order valence-electron chi connectivity index (χ2n) is 10.3. The van der Waals surface area contributed by atoms with E-state index in [1.54, 1.807) is 0 Å². The Bertz CT molecular complexity index is 2110. The largest absolute Gasteiger partial charge is 0.384 e. The van der Waals surface area contributed by atoms with Crippen molar-refractivity contribution in [3.63, 3.8) is 0 Å². The first-order valence-corrected chi connectivity index (χ1v) is 17.9. The number of hydrogen-bond acceptors (Lipinski definition) is 13. The van der Waals surface area contributed by atoms with E-state index in [9.17, 15) is 26.4 Å². The number of aromatic nitrogens is 4. The van der Waals surface area contributed by atoms with Gasteiger partial charge in [0.2, 0.25) is 0 Å². The van der Waals surface area contributed by atoms with Gasteiger partial charge in [-0.25, -0.2) is 29.4 Å². The van der Waals surface area contributed by atoms with Crippen molar-refractivity contribution in [2.75, 3.05) is 16.4 Å². The Labute approximate surface area is 300 Å². The number of rotatable bonds is 7. The number of carbonyl (C=O) groups is 2. The van der Waals surface area contributed by atoms with Crippen LogP contribution in [0.1, 0.15) is 56.0 Å². The minimum atomic E-state index is -4.18. The lowest BCUT2D eigenvalue weighted by Crippen LogP contribution is -2.37. The van der Waals surface area contributed by atoms with Crippen LogP contribution in [-0.4, -0.2) is 60.7 Å². The standard InChI is InChI=1S/C17H20ClN5O3S.C11H8Cl2N4O3S.6H2/c1-10-6-7-11(2)23(10)16-12(8-9-13(18)20-16)17(24)22-27(25,26)15-5-3-4-14(19)21-15;12-7-5-4-6(10(13)15-7)11(18)17-21(19,20)9-3-1-2-8(14)16-9;;;;;;/h3-5,8-11H,6-7H2,1-2H3,(H2,19,21)(H,22,24);1-5H,(H2,14,16)(H,17,18);6*1H/t10-,11+;;;;;;;. The summed E-state index contributed by atoms with van der Waals surface area (Å²) in [6.07, 6.45) is 1.89. The summed E-state index contributed by atoms with van der Waals surface area (Å²) in [4.78, 5) is 42.0. The van der Waals surface area contributed by atoms with Gasteiger partial charge in [0, 0.05) is 20.6 Å². The quantitative estimate of drug-likeness (QED) is 0.178. The average molecular weight is 769 g/mol. The molecule has 0 saturated carbocycles. The molecule has 0 aromatic carbocycles. The monoisotopic (exact) mass is 767 g/mol. The molecule has 0 radical (unpaired) electrons. The van der Waals surface area contributed by atoms with Gasteiger partial charge >= 0.3 is 0 Å². The van der Waals surface area contributed by atoms with Gasteiger partial charge in [-0.1, -0.05) is 46.9 Å². The van der Waals surface area contributed by atoms with Crippen molar-refractivity contribution < 1.29 is 35.0 Å². The Morgan fingerprint density at radius 3 is 1.60 bits per heavy atom. The van der Waals surface area contributed by atoms with E-state index in [4.69, 9.17) is 46.3 Å². The first-order chi connectivity index (χ1) is 22.5. The van der Waals surface area contributed by atoms with Gasteiger partial charge in [-0.15, -0.1) is 0 Å². The zero-order chi connectivity index (χ0) is 35.4. The summed E-state index contributed by atoms with van der Waals surface area (Å²) in [5, 5.41) is -0.614. The number of nitrogens with zero attached hydrogens (tertiary/aromatic N) is 5. The maximum atomic E-state index is 12.8. The zero-order valence-corrected chi connectivity index (χ0v) is 29.0. The third-order valence-electron chi connectivity index (χ3n) is 6.84. The molecule has 0 unspecified atom stereocenters. The second kappa shape index (κ2) is 14.9. The van der Waals surface area contributed by atoms with Crippen LogP contribution in [0.2, 0.25) is 15.5 Å². The number of pyridine rings is 4. The van der Waals surface area contributed by atoms with Crippen LogP contribution in [0.4, 0.5) is 17.5 Å². The molecule has 6 N–H and O–H groups in total. The van der Waals surface area contributed by atoms with E-state index < -0.39 is 31.9 Å². The first-order valence-electron chi connectivity index (χ1n) is 13.8. The number of halogens is 3. The number of nitrogens with two attached hydrogens (primary N) is 2. The predicted molar refractivity (Wildman–Crippen MR) is 193 cm³/mol. The van der Waals surface area contributed by atoms with Crippen molar-refractivity contribution in [2.24, 2.45) is 0 Å². The number of anilines is 3. The molecule has 1 aliphatic rings. The lowest BCUT2D eigenvalue weighted by molar-refractivity contribution is 0.0972. The zero-order valence-electron chi connectivity index (χ0n) is 25.1. The van der Waals surface area contributed by atoms with Gasteiger partial charge in [0.05, 0.1) is 11.1 Å². The van der Waals surface area contributed by atoms with Crippen molar-refractivity contribution in [3.05, 3.63) is 87.2 Å². The third-order valence-corrected chi connectivity index (χ3v) is 10.0. The normalized spacial score (nSPS) is 16.1. The minimum absolute atomic E-state index is 0. The Morgan fingerprint density at radius 2 is 1.15 bits per heavy atom. The van der Waals surface area contributed by atoms with Crippen LogP contribution in [0.25, 0.3) is 0 Å². The maximum absolute atomic E-state index is 12.8. The van der Waals surface area contributed by atoms with Gasteiger partial charge in [0.1, 0.15) is 32.9 Å². The molecule has 4 aromatic rings. The summed E-state index contributed by atoms with van der Waals surface area (Å²) in [5.74, 6) is -1.33. The van der Waals surface area contributed by atoms with Gasteiger partial charge in [0.15, 0.2) is 10.1 Å². The maximum Gasteiger partial charge on any atom is 0.281 e. The molecule has 5 heterocycles. The first kappa shape index (κ1) is 36.5. The summed E-state index contributed by atoms with van der Waals surface area (Å²) in [7, 11) is -8.34. The van der Waals surface area contributed by atoms with Crippen molar-refractivity contribution in [1.82, 2.24) is 29.4 Å². The van der Waals surface area contributed by atoms with Crippen LogP contribution >= 0.6 is 34.8 Å². The summed E-state index contributed by atoms with van der Waals surface area (Å²) in [6, 6.07) is 14.0. The third kappa shape index (κ3) is 8.78. The molecular formula is C28H40Cl3N9O6S2. The summed E-state index contributed by atoms with van der Waals surface area (Å²) >= 11 is 17.4. The Balaban J connectivity index is -0.000000888. The molecule has 20 heteroatoms. The van der Waals surface area contributed by atoms with E-state index in [1.165, 1.54) is 60.7 Å². The molecule has 2 atom stereocenters. The molecule has 48 heavy (non-hydrogen) atoms. The molecule has 0 spiro atoms. The number of carbonyl (C=O) groups excluding carboxylic acids is 2. The minimum Gasteiger partial charge on any atom is -0.384 e. The average Bonchev–Trinajstić information content (AvgIpc) is 3.34. The van der Waals surface area contributed by atoms with Crippen molar-refractivity contribution in [2.45, 2.75) is 48.8 Å². The summed E-state index contributed by atoms with van der Waals surface area (Å²) in [6.45, 7) is 4.06. The number of sulfonamides is 2. The van der Waals surface area contributed by atoms with E-state index in [0.29, 0.717) is 5.82 Å². The molecule has 1 aliphatic heterocycles. The summed E-state index contributed by atoms with van der Waals surface area (Å²) < 4.78 is 52.8. The topological polar surface area (TPSA) is 233 Å². The summed E-state index contributed by atoms with van der Waals surface area (Å²) in [5.41, 5.74) is 10.9. The fourth-order valence-corrected chi connectivity index (χ4v) is 7.07. The Hall–Kier alpha value is -4.29. The van der Waals surface area contributed by atoms with E-state index in [0.717, 1.165) is 12.8 Å². The molecule has 1 fully saturated rings. The fourth-order valence-electron chi connectivity index (χ4n) is 4.61. The van der Waals surface area contributed by atoms with Gasteiger partial charge < -0.3 is 16.4 Å². The molecule has 5 rings (SSSR count). The van der Waals surface area contributed by atoms with Crippen LogP contribution in [0, 0.1) is 0 Å².